The number of aliphatic imine (C=N–C) groups is 1. The normalized spacial score (nSPS) is 11.1. The smallest absolute Gasteiger partial charge is 0.193 e. The third-order valence-electron chi connectivity index (χ3n) is 3.26. The van der Waals surface area contributed by atoms with Crippen molar-refractivity contribution in [2.45, 2.75) is 0 Å². The van der Waals surface area contributed by atoms with Crippen LogP contribution in [0.5, 0.6) is 0 Å². The molecule has 3 rings (SSSR count). The van der Waals surface area contributed by atoms with Crippen LogP contribution in [0, 0.1) is 0 Å². The van der Waals surface area contributed by atoms with Crippen molar-refractivity contribution >= 4 is 52.5 Å². The van der Waals surface area contributed by atoms with E-state index in [1.54, 1.807) is 10.9 Å². The second kappa shape index (κ2) is 8.43. The third-order valence-corrected chi connectivity index (χ3v) is 3.26. The first-order valence-electron chi connectivity index (χ1n) is 7.22. The summed E-state index contributed by atoms with van der Waals surface area (Å²) in [5.74, 6) is 1.13. The van der Waals surface area contributed by atoms with Crippen LogP contribution in [0.15, 0.2) is 47.8 Å². The number of guanidine groups is 1. The van der Waals surface area contributed by atoms with Gasteiger partial charge in [-0.25, -0.2) is 9.97 Å². The fraction of sp³-hybridized carbons (Fsp3) is 0.200. The van der Waals surface area contributed by atoms with E-state index in [0.717, 1.165) is 22.5 Å². The van der Waals surface area contributed by atoms with Gasteiger partial charge in [0.2, 0.25) is 0 Å². The molecule has 0 aliphatic heterocycles. The number of anilines is 2. The summed E-state index contributed by atoms with van der Waals surface area (Å²) in [4.78, 5) is 12.7. The number of para-hydroxylation sites is 1. The molecule has 0 unspecified atom stereocenters. The van der Waals surface area contributed by atoms with Crippen molar-refractivity contribution in [1.82, 2.24) is 19.7 Å². The lowest BCUT2D eigenvalue weighted by molar-refractivity contribution is 0.785. The summed E-state index contributed by atoms with van der Waals surface area (Å²) >= 11 is 0. The second-order valence-electron chi connectivity index (χ2n) is 4.91. The Hall–Kier alpha value is -2.43. The van der Waals surface area contributed by atoms with Gasteiger partial charge in [-0.3, -0.25) is 9.67 Å². The summed E-state index contributed by atoms with van der Waals surface area (Å²) in [6, 6.07) is 9.68. The van der Waals surface area contributed by atoms with Crippen LogP contribution in [0.25, 0.3) is 11.0 Å². The standard InChI is InChI=1S/C15H18N8.HI/c1-23-14-12(9-21-23)13(19-10-20-14)17-7-8-18-15(16)22-11-5-3-2-4-6-11;/h2-6,9-10H,7-8H2,1H3,(H3,16,18,22)(H,17,19,20);1H. The van der Waals surface area contributed by atoms with Crippen LogP contribution in [0.1, 0.15) is 0 Å². The lowest BCUT2D eigenvalue weighted by atomic mass is 10.3. The van der Waals surface area contributed by atoms with Gasteiger partial charge in [0.05, 0.1) is 18.1 Å². The van der Waals surface area contributed by atoms with Crippen LogP contribution in [0.4, 0.5) is 11.5 Å². The number of halogens is 1. The van der Waals surface area contributed by atoms with Gasteiger partial charge in [-0.05, 0) is 12.1 Å². The molecule has 0 saturated carbocycles. The average molecular weight is 438 g/mol. The van der Waals surface area contributed by atoms with E-state index in [1.165, 1.54) is 6.33 Å². The number of fused-ring (bicyclic) bond motifs is 1. The molecule has 2 aromatic heterocycles. The molecule has 0 bridgehead atoms. The van der Waals surface area contributed by atoms with E-state index >= 15 is 0 Å². The van der Waals surface area contributed by atoms with E-state index in [4.69, 9.17) is 5.73 Å². The lowest BCUT2D eigenvalue weighted by Gasteiger charge is -2.06. The Labute approximate surface area is 156 Å². The van der Waals surface area contributed by atoms with Crippen molar-refractivity contribution in [2.75, 3.05) is 23.7 Å². The van der Waals surface area contributed by atoms with Gasteiger partial charge in [0.15, 0.2) is 11.6 Å². The maximum absolute atomic E-state index is 5.85. The highest BCUT2D eigenvalue weighted by Gasteiger charge is 2.06. The van der Waals surface area contributed by atoms with Crippen LogP contribution in [0.2, 0.25) is 0 Å². The number of aryl methyl sites for hydroxylation is 1. The molecule has 9 heteroatoms. The Kier molecular flexibility index (Phi) is 6.29. The van der Waals surface area contributed by atoms with Crippen LogP contribution < -0.4 is 16.4 Å². The van der Waals surface area contributed by atoms with Gasteiger partial charge in [-0.1, -0.05) is 18.2 Å². The quantitative estimate of drug-likeness (QED) is 0.243. The van der Waals surface area contributed by atoms with Crippen molar-refractivity contribution in [2.24, 2.45) is 17.8 Å². The van der Waals surface area contributed by atoms with Crippen molar-refractivity contribution in [3.05, 3.63) is 42.9 Å². The van der Waals surface area contributed by atoms with E-state index in [0.29, 0.717) is 19.0 Å². The first-order valence-corrected chi connectivity index (χ1v) is 7.22. The molecule has 2 heterocycles. The number of nitrogens with two attached hydrogens (primary N) is 1. The van der Waals surface area contributed by atoms with Crippen molar-refractivity contribution in [1.29, 1.82) is 0 Å². The Morgan fingerprint density at radius 1 is 1.25 bits per heavy atom. The maximum Gasteiger partial charge on any atom is 0.193 e. The molecular formula is C15H19IN8. The highest BCUT2D eigenvalue weighted by atomic mass is 127. The topological polar surface area (TPSA) is 106 Å². The number of hydrogen-bond donors (Lipinski definition) is 3. The fourth-order valence-electron chi connectivity index (χ4n) is 2.16. The van der Waals surface area contributed by atoms with Gasteiger partial charge >= 0.3 is 0 Å². The van der Waals surface area contributed by atoms with E-state index in [9.17, 15) is 0 Å². The first kappa shape index (κ1) is 17.9. The zero-order valence-corrected chi connectivity index (χ0v) is 15.5. The van der Waals surface area contributed by atoms with E-state index in [1.807, 2.05) is 37.4 Å². The molecule has 126 valence electrons. The molecule has 0 radical (unpaired) electrons. The van der Waals surface area contributed by atoms with Crippen LogP contribution in [0.3, 0.4) is 0 Å². The van der Waals surface area contributed by atoms with Crippen LogP contribution in [-0.4, -0.2) is 38.8 Å². The predicted molar refractivity (Wildman–Crippen MR) is 107 cm³/mol. The Balaban J connectivity index is 0.00000208. The zero-order valence-electron chi connectivity index (χ0n) is 13.2. The molecule has 0 saturated heterocycles. The Morgan fingerprint density at radius 2 is 2.04 bits per heavy atom. The minimum atomic E-state index is 0. The van der Waals surface area contributed by atoms with Gasteiger partial charge < -0.3 is 16.4 Å². The summed E-state index contributed by atoms with van der Waals surface area (Å²) in [6.07, 6.45) is 3.26. The number of nitrogens with one attached hydrogen (secondary N) is 2. The number of nitrogens with zero attached hydrogens (tertiary/aromatic N) is 5. The van der Waals surface area contributed by atoms with E-state index in [2.05, 4.69) is 30.7 Å². The number of aromatic nitrogens is 4. The molecule has 3 aromatic rings. The van der Waals surface area contributed by atoms with Crippen molar-refractivity contribution < 1.29 is 0 Å². The highest BCUT2D eigenvalue weighted by molar-refractivity contribution is 14.0. The van der Waals surface area contributed by atoms with Gasteiger partial charge in [0, 0.05) is 19.3 Å². The minimum absolute atomic E-state index is 0. The summed E-state index contributed by atoms with van der Waals surface area (Å²) in [5.41, 5.74) is 7.55. The monoisotopic (exact) mass is 438 g/mol. The third kappa shape index (κ3) is 4.31. The molecule has 0 atom stereocenters. The summed E-state index contributed by atoms with van der Waals surface area (Å²) in [5, 5.41) is 11.3. The fourth-order valence-corrected chi connectivity index (χ4v) is 2.16. The largest absolute Gasteiger partial charge is 0.370 e. The Morgan fingerprint density at radius 3 is 2.83 bits per heavy atom. The molecule has 0 spiro atoms. The maximum atomic E-state index is 5.85. The SMILES string of the molecule is Cn1ncc2c(NCCN=C(N)Nc3ccccc3)ncnc21.I. The zero-order chi connectivity index (χ0) is 16.1. The lowest BCUT2D eigenvalue weighted by Crippen LogP contribution is -2.23. The molecule has 4 N–H and O–H groups in total. The van der Waals surface area contributed by atoms with E-state index < -0.39 is 0 Å². The summed E-state index contributed by atoms with van der Waals surface area (Å²) in [6.45, 7) is 1.13. The van der Waals surface area contributed by atoms with Gasteiger partial charge in [-0.15, -0.1) is 24.0 Å². The molecule has 0 aliphatic rings. The van der Waals surface area contributed by atoms with E-state index in [-0.39, 0.29) is 24.0 Å². The predicted octanol–water partition coefficient (Wildman–Crippen LogP) is 1.82. The molecule has 0 amide bonds. The van der Waals surface area contributed by atoms with Crippen LogP contribution >= 0.6 is 24.0 Å². The van der Waals surface area contributed by atoms with Crippen LogP contribution in [-0.2, 0) is 7.05 Å². The van der Waals surface area contributed by atoms with Crippen molar-refractivity contribution in [3.63, 3.8) is 0 Å². The van der Waals surface area contributed by atoms with Crippen molar-refractivity contribution in [3.8, 4) is 0 Å². The minimum Gasteiger partial charge on any atom is -0.370 e. The van der Waals surface area contributed by atoms with Gasteiger partial charge in [0.25, 0.3) is 0 Å². The molecule has 24 heavy (non-hydrogen) atoms. The first-order chi connectivity index (χ1) is 11.2. The number of hydrogen-bond acceptors (Lipinski definition) is 5. The highest BCUT2D eigenvalue weighted by Crippen LogP contribution is 2.17. The summed E-state index contributed by atoms with van der Waals surface area (Å²) in [7, 11) is 1.85. The molecule has 1 aromatic carbocycles. The average Bonchev–Trinajstić information content (AvgIpc) is 2.95. The van der Waals surface area contributed by atoms with Gasteiger partial charge in [0.1, 0.15) is 12.1 Å². The second-order valence-corrected chi connectivity index (χ2v) is 4.91. The number of benzene rings is 1. The van der Waals surface area contributed by atoms with Gasteiger partial charge in [-0.2, -0.15) is 5.10 Å². The molecular weight excluding hydrogens is 419 g/mol. The molecule has 8 nitrogen and oxygen atoms in total. The Bertz CT molecular complexity index is 815. The molecule has 0 fully saturated rings. The number of rotatable bonds is 5. The molecule has 0 aliphatic carbocycles. The summed E-state index contributed by atoms with van der Waals surface area (Å²) < 4.78 is 1.71.